The van der Waals surface area contributed by atoms with Crippen LogP contribution in [-0.2, 0) is 14.3 Å². The molecule has 3 aliphatic carbocycles. The van der Waals surface area contributed by atoms with Crippen LogP contribution in [0.1, 0.15) is 46.5 Å². The van der Waals surface area contributed by atoms with Gasteiger partial charge in [0.2, 0.25) is 0 Å². The normalized spacial score (nSPS) is 57.7. The van der Waals surface area contributed by atoms with E-state index >= 15 is 0 Å². The Morgan fingerprint density at radius 3 is 2.65 bits per heavy atom. The first-order chi connectivity index (χ1) is 12.3. The Labute approximate surface area is 155 Å². The van der Waals surface area contributed by atoms with Gasteiger partial charge in [0.05, 0.1) is 24.2 Å². The summed E-state index contributed by atoms with van der Waals surface area (Å²) in [7, 11) is 2.02. The molecule has 0 unspecified atom stereocenters. The van der Waals surface area contributed by atoms with E-state index in [-0.39, 0.29) is 34.9 Å². The third-order valence-corrected chi connectivity index (χ3v) is 9.02. The molecule has 0 spiro atoms. The summed E-state index contributed by atoms with van der Waals surface area (Å²) in [5.74, 6) is 0.259. The van der Waals surface area contributed by atoms with Crippen molar-refractivity contribution >= 4 is 5.97 Å². The van der Waals surface area contributed by atoms with Gasteiger partial charge in [-0.15, -0.1) is 0 Å². The van der Waals surface area contributed by atoms with E-state index < -0.39 is 11.5 Å². The highest BCUT2D eigenvalue weighted by Gasteiger charge is 2.70. The summed E-state index contributed by atoms with van der Waals surface area (Å²) >= 11 is 0. The van der Waals surface area contributed by atoms with Gasteiger partial charge in [0.15, 0.2) is 0 Å². The van der Waals surface area contributed by atoms with E-state index in [0.717, 1.165) is 25.9 Å². The zero-order chi connectivity index (χ0) is 18.5. The molecule has 2 aliphatic heterocycles. The molecular formula is C21H31NO4. The van der Waals surface area contributed by atoms with E-state index in [1.54, 1.807) is 0 Å². The van der Waals surface area contributed by atoms with Gasteiger partial charge in [-0.3, -0.25) is 4.79 Å². The Bertz CT molecular complexity index is 691. The average molecular weight is 361 g/mol. The van der Waals surface area contributed by atoms with Crippen molar-refractivity contribution in [3.05, 3.63) is 11.6 Å². The van der Waals surface area contributed by atoms with Gasteiger partial charge in [-0.2, -0.15) is 0 Å². The Morgan fingerprint density at radius 1 is 1.19 bits per heavy atom. The minimum absolute atomic E-state index is 0.0166. The van der Waals surface area contributed by atoms with Crippen molar-refractivity contribution < 1.29 is 19.4 Å². The molecule has 26 heavy (non-hydrogen) atoms. The third-order valence-electron chi connectivity index (χ3n) is 9.02. The smallest absolute Gasteiger partial charge is 0.315 e. The SMILES string of the molecule is CN[C@H]1CO[C@@H]2C3=C[C@H]4OC(=O)[C@@]5(C)[C@@H](O)CC[C@](C)([C@@H]3CC[C@]12C)[C@H]45. The number of nitrogens with one attached hydrogen (secondary N) is 1. The molecule has 0 amide bonds. The van der Waals surface area contributed by atoms with Gasteiger partial charge in [-0.05, 0) is 62.6 Å². The fourth-order valence-corrected chi connectivity index (χ4v) is 7.47. The number of ether oxygens (including phenoxy) is 2. The number of fused-ring (bicyclic) bond motifs is 4. The molecule has 0 aromatic carbocycles. The fraction of sp³-hybridized carbons (Fsp3) is 0.857. The predicted molar refractivity (Wildman–Crippen MR) is 96.3 cm³/mol. The molecule has 2 heterocycles. The van der Waals surface area contributed by atoms with E-state index in [1.807, 2.05) is 14.0 Å². The Kier molecular flexibility index (Phi) is 3.39. The summed E-state index contributed by atoms with van der Waals surface area (Å²) in [6.07, 6.45) is 5.37. The maximum atomic E-state index is 12.8. The second-order valence-electron chi connectivity index (χ2n) is 10.0. The molecule has 0 aromatic heterocycles. The number of aliphatic hydroxyl groups excluding tert-OH is 1. The van der Waals surface area contributed by atoms with Gasteiger partial charge in [0.1, 0.15) is 6.10 Å². The van der Waals surface area contributed by atoms with Crippen LogP contribution in [0.15, 0.2) is 11.6 Å². The number of carbonyl (C=O) groups excluding carboxylic acids is 1. The van der Waals surface area contributed by atoms with Crippen LogP contribution in [0.4, 0.5) is 0 Å². The zero-order valence-corrected chi connectivity index (χ0v) is 16.2. The summed E-state index contributed by atoms with van der Waals surface area (Å²) < 4.78 is 12.2. The first kappa shape index (κ1) is 17.2. The van der Waals surface area contributed by atoms with Gasteiger partial charge >= 0.3 is 5.97 Å². The lowest BCUT2D eigenvalue weighted by atomic mass is 9.44. The van der Waals surface area contributed by atoms with Gasteiger partial charge in [0, 0.05) is 17.4 Å². The number of rotatable bonds is 1. The molecule has 2 saturated heterocycles. The lowest BCUT2D eigenvalue weighted by Crippen LogP contribution is -2.60. The quantitative estimate of drug-likeness (QED) is 0.553. The van der Waals surface area contributed by atoms with Crippen LogP contribution in [0.5, 0.6) is 0 Å². The van der Waals surface area contributed by atoms with Crippen LogP contribution in [-0.4, -0.2) is 49.1 Å². The van der Waals surface area contributed by atoms with Crippen LogP contribution in [0.2, 0.25) is 0 Å². The molecule has 2 N–H and O–H groups in total. The minimum Gasteiger partial charge on any atom is -0.457 e. The number of aliphatic hydroxyl groups is 1. The van der Waals surface area contributed by atoms with Gasteiger partial charge < -0.3 is 19.9 Å². The van der Waals surface area contributed by atoms with Crippen molar-refractivity contribution in [2.75, 3.05) is 13.7 Å². The second kappa shape index (κ2) is 5.12. The maximum Gasteiger partial charge on any atom is 0.315 e. The minimum atomic E-state index is -0.773. The zero-order valence-electron chi connectivity index (χ0n) is 16.2. The summed E-state index contributed by atoms with van der Waals surface area (Å²) in [4.78, 5) is 12.8. The average Bonchev–Trinajstić information content (AvgIpc) is 3.07. The number of hydrogen-bond donors (Lipinski definition) is 2. The standard InChI is InChI=1S/C21H31NO4/c1-19-8-6-15(23)21(3)16(19)13(26-18(21)24)9-11-12(19)5-7-20(2)14(22-4)10-25-17(11)20/h9,12-17,22-23H,5-8,10H2,1-4H3/t12-,13-,14+,15+,16+,17-,19-,20-,21+/m1/s1. The number of hydrogen-bond acceptors (Lipinski definition) is 5. The number of carbonyl (C=O) groups is 1. The van der Waals surface area contributed by atoms with E-state index in [4.69, 9.17) is 9.47 Å². The van der Waals surface area contributed by atoms with Gasteiger partial charge in [-0.1, -0.05) is 13.8 Å². The molecule has 4 fully saturated rings. The van der Waals surface area contributed by atoms with Crippen molar-refractivity contribution in [1.29, 1.82) is 0 Å². The molecular weight excluding hydrogens is 330 g/mol. The van der Waals surface area contributed by atoms with Crippen molar-refractivity contribution in [2.24, 2.45) is 28.1 Å². The van der Waals surface area contributed by atoms with Crippen molar-refractivity contribution in [1.82, 2.24) is 5.32 Å². The molecule has 5 aliphatic rings. The predicted octanol–water partition coefficient (Wildman–Crippen LogP) is 2.04. The van der Waals surface area contributed by atoms with Crippen LogP contribution in [0.25, 0.3) is 0 Å². The molecule has 5 heteroatoms. The molecule has 144 valence electrons. The van der Waals surface area contributed by atoms with Crippen LogP contribution in [0.3, 0.4) is 0 Å². The molecule has 5 rings (SSSR count). The van der Waals surface area contributed by atoms with Crippen LogP contribution in [0, 0.1) is 28.1 Å². The lowest BCUT2D eigenvalue weighted by molar-refractivity contribution is -0.159. The van der Waals surface area contributed by atoms with E-state index in [2.05, 4.69) is 25.2 Å². The fourth-order valence-electron chi connectivity index (χ4n) is 7.47. The van der Waals surface area contributed by atoms with E-state index in [9.17, 15) is 9.90 Å². The molecule has 0 radical (unpaired) electrons. The van der Waals surface area contributed by atoms with Crippen molar-refractivity contribution in [3.63, 3.8) is 0 Å². The Balaban J connectivity index is 1.62. The number of esters is 1. The monoisotopic (exact) mass is 361 g/mol. The summed E-state index contributed by atoms with van der Waals surface area (Å²) in [5, 5.41) is 14.1. The third kappa shape index (κ3) is 1.76. The van der Waals surface area contributed by atoms with Crippen LogP contribution < -0.4 is 5.32 Å². The topological polar surface area (TPSA) is 67.8 Å². The highest BCUT2D eigenvalue weighted by Crippen LogP contribution is 2.67. The Morgan fingerprint density at radius 2 is 1.92 bits per heavy atom. The summed E-state index contributed by atoms with van der Waals surface area (Å²) in [6.45, 7) is 7.34. The van der Waals surface area contributed by atoms with Gasteiger partial charge in [0.25, 0.3) is 0 Å². The van der Waals surface area contributed by atoms with E-state index in [0.29, 0.717) is 18.4 Å². The van der Waals surface area contributed by atoms with Crippen molar-refractivity contribution in [3.8, 4) is 0 Å². The Hall–Kier alpha value is -0.910. The van der Waals surface area contributed by atoms with Crippen LogP contribution >= 0.6 is 0 Å². The lowest BCUT2D eigenvalue weighted by Gasteiger charge is -2.59. The number of likely N-dealkylation sites (N-methyl/N-ethyl adjacent to an activating group) is 1. The van der Waals surface area contributed by atoms with Crippen molar-refractivity contribution in [2.45, 2.75) is 70.8 Å². The highest BCUT2D eigenvalue weighted by molar-refractivity contribution is 5.81. The molecule has 0 bridgehead atoms. The van der Waals surface area contributed by atoms with Gasteiger partial charge in [-0.25, -0.2) is 0 Å². The molecule has 5 nitrogen and oxygen atoms in total. The summed E-state index contributed by atoms with van der Waals surface area (Å²) in [6, 6.07) is 0.365. The largest absolute Gasteiger partial charge is 0.457 e. The first-order valence-corrected chi connectivity index (χ1v) is 10.2. The maximum absolute atomic E-state index is 12.8. The molecule has 0 aromatic rings. The summed E-state index contributed by atoms with van der Waals surface area (Å²) in [5.41, 5.74) is 0.663. The van der Waals surface area contributed by atoms with E-state index in [1.165, 1.54) is 5.57 Å². The molecule has 9 atom stereocenters. The second-order valence-corrected chi connectivity index (χ2v) is 10.0. The first-order valence-electron chi connectivity index (χ1n) is 10.2. The highest BCUT2D eigenvalue weighted by atomic mass is 16.6. The molecule has 2 saturated carbocycles.